The number of amides is 2. The lowest BCUT2D eigenvalue weighted by atomic mass is 9.86. The maximum Gasteiger partial charge on any atom is 0.251 e. The molecule has 0 spiro atoms. The van der Waals surface area contributed by atoms with Crippen molar-refractivity contribution in [3.8, 4) is 0 Å². The summed E-state index contributed by atoms with van der Waals surface area (Å²) in [6.45, 7) is 10.2. The first-order valence-corrected chi connectivity index (χ1v) is 14.4. The summed E-state index contributed by atoms with van der Waals surface area (Å²) in [7, 11) is -3.92. The number of nitrogens with one attached hydrogen (secondary N) is 1. The zero-order chi connectivity index (χ0) is 27.8. The molecule has 1 aromatic carbocycles. The third-order valence-corrected chi connectivity index (χ3v) is 9.13. The molecule has 38 heavy (non-hydrogen) atoms. The number of nitrogens with zero attached hydrogens (tertiary/aromatic N) is 3. The van der Waals surface area contributed by atoms with Gasteiger partial charge in [0.25, 0.3) is 5.91 Å². The van der Waals surface area contributed by atoms with Crippen LogP contribution in [0.3, 0.4) is 0 Å². The molecule has 3 unspecified atom stereocenters. The van der Waals surface area contributed by atoms with Gasteiger partial charge < -0.3 is 10.2 Å². The second-order valence-corrected chi connectivity index (χ2v) is 13.4. The first-order chi connectivity index (χ1) is 17.8. The van der Waals surface area contributed by atoms with Crippen LogP contribution >= 0.6 is 0 Å². The van der Waals surface area contributed by atoms with Crippen molar-refractivity contribution in [2.24, 2.45) is 5.92 Å². The fourth-order valence-electron chi connectivity index (χ4n) is 5.24. The molecule has 2 aliphatic rings. The number of carbonyl (C=O) groups excluding carboxylic acids is 3. The summed E-state index contributed by atoms with van der Waals surface area (Å²) in [5.41, 5.74) is 1.49. The molecular weight excluding hydrogens is 504 g/mol. The van der Waals surface area contributed by atoms with Crippen molar-refractivity contribution in [3.63, 3.8) is 0 Å². The number of fused-ring (bicyclic) bond motifs is 1. The smallest absolute Gasteiger partial charge is 0.251 e. The van der Waals surface area contributed by atoms with E-state index in [1.807, 2.05) is 26.0 Å². The van der Waals surface area contributed by atoms with Gasteiger partial charge in [-0.3, -0.25) is 19.4 Å². The normalized spacial score (nSPS) is 21.0. The van der Waals surface area contributed by atoms with Crippen LogP contribution < -0.4 is 5.32 Å². The molecule has 0 saturated carbocycles. The summed E-state index contributed by atoms with van der Waals surface area (Å²) >= 11 is 0. The zero-order valence-corrected chi connectivity index (χ0v) is 23.4. The van der Waals surface area contributed by atoms with Crippen LogP contribution in [0.25, 0.3) is 0 Å². The summed E-state index contributed by atoms with van der Waals surface area (Å²) in [6, 6.07) is 7.79. The van der Waals surface area contributed by atoms with Crippen LogP contribution in [0.4, 0.5) is 0 Å². The fraction of sp³-hybridized carbons (Fsp3) is 0.500. The monoisotopic (exact) mass is 540 g/mol. The number of hydrogen-bond acceptors (Lipinski definition) is 6. The number of sulfonamides is 1. The maximum atomic E-state index is 13.7. The van der Waals surface area contributed by atoms with Gasteiger partial charge in [-0.05, 0) is 54.0 Å². The average Bonchev–Trinajstić information content (AvgIpc) is 3.44. The van der Waals surface area contributed by atoms with Crippen LogP contribution in [0.2, 0.25) is 0 Å². The number of Topliss-reactive ketones (excluding diaryl/α,β-unsaturated/α-hetero) is 1. The van der Waals surface area contributed by atoms with E-state index in [0.29, 0.717) is 18.4 Å². The van der Waals surface area contributed by atoms with E-state index in [1.165, 1.54) is 33.7 Å². The van der Waals surface area contributed by atoms with Crippen molar-refractivity contribution >= 4 is 27.6 Å². The molecular formula is C28H36N4O5S. The minimum Gasteiger partial charge on any atom is -0.340 e. The Bertz CT molecular complexity index is 1300. The highest BCUT2D eigenvalue weighted by Gasteiger charge is 2.54. The van der Waals surface area contributed by atoms with Crippen molar-refractivity contribution in [2.45, 2.75) is 75.9 Å². The van der Waals surface area contributed by atoms with E-state index in [2.05, 4.69) is 31.1 Å². The molecule has 0 radical (unpaired) electrons. The lowest BCUT2D eigenvalue weighted by Gasteiger charge is -2.29. The third kappa shape index (κ3) is 5.51. The minimum atomic E-state index is -3.92. The first-order valence-electron chi connectivity index (χ1n) is 13.0. The van der Waals surface area contributed by atoms with Crippen molar-refractivity contribution in [1.29, 1.82) is 0 Å². The Kier molecular flexibility index (Phi) is 7.76. The summed E-state index contributed by atoms with van der Waals surface area (Å²) in [5, 5.41) is 2.88. The van der Waals surface area contributed by atoms with E-state index in [4.69, 9.17) is 0 Å². The Hall–Kier alpha value is -3.11. The standard InChI is InChI=1S/C28H36N4O5S/c1-18(2)16-22(30-26(34)19-6-8-20(9-7-19)28(3,4)5)27(35)31-15-12-23-25(31)24(33)17-32(23)38(36,37)21-10-13-29-14-11-21/h6-11,13-14,18,22-23,25H,12,15-17H2,1-5H3,(H,30,34). The molecule has 2 saturated heterocycles. The van der Waals surface area contributed by atoms with Gasteiger partial charge in [0.2, 0.25) is 15.9 Å². The van der Waals surface area contributed by atoms with Crippen LogP contribution in [-0.4, -0.2) is 71.4 Å². The van der Waals surface area contributed by atoms with Crippen LogP contribution in [0.5, 0.6) is 0 Å². The largest absolute Gasteiger partial charge is 0.340 e. The molecule has 9 nitrogen and oxygen atoms in total. The van der Waals surface area contributed by atoms with Gasteiger partial charge in [0.1, 0.15) is 12.1 Å². The number of pyridine rings is 1. The van der Waals surface area contributed by atoms with Gasteiger partial charge in [-0.2, -0.15) is 4.31 Å². The second-order valence-electron chi connectivity index (χ2n) is 11.5. The van der Waals surface area contributed by atoms with Crippen molar-refractivity contribution < 1.29 is 22.8 Å². The van der Waals surface area contributed by atoms with Crippen LogP contribution in [0.1, 0.15) is 63.4 Å². The summed E-state index contributed by atoms with van der Waals surface area (Å²) in [5.74, 6) is -0.929. The third-order valence-electron chi connectivity index (χ3n) is 7.24. The molecule has 1 N–H and O–H groups in total. The average molecular weight is 541 g/mol. The minimum absolute atomic E-state index is 0.0516. The molecule has 10 heteroatoms. The number of aromatic nitrogens is 1. The maximum absolute atomic E-state index is 13.7. The SMILES string of the molecule is CC(C)CC(NC(=O)c1ccc(C(C)(C)C)cc1)C(=O)N1CCC2C1C(=O)CN2S(=O)(=O)c1ccncc1. The zero-order valence-electron chi connectivity index (χ0n) is 22.5. The molecule has 2 aliphatic heterocycles. The Balaban J connectivity index is 1.53. The van der Waals surface area contributed by atoms with E-state index >= 15 is 0 Å². The molecule has 3 heterocycles. The number of rotatable bonds is 7. The van der Waals surface area contributed by atoms with Gasteiger partial charge in [0.15, 0.2) is 5.78 Å². The Morgan fingerprint density at radius 3 is 2.29 bits per heavy atom. The predicted molar refractivity (Wildman–Crippen MR) is 143 cm³/mol. The number of hydrogen-bond donors (Lipinski definition) is 1. The van der Waals surface area contributed by atoms with Gasteiger partial charge in [-0.15, -0.1) is 0 Å². The Morgan fingerprint density at radius 1 is 1.08 bits per heavy atom. The van der Waals surface area contributed by atoms with E-state index in [1.54, 1.807) is 12.1 Å². The molecule has 0 bridgehead atoms. The topological polar surface area (TPSA) is 117 Å². The van der Waals surface area contributed by atoms with E-state index in [9.17, 15) is 22.8 Å². The van der Waals surface area contributed by atoms with Crippen molar-refractivity contribution in [2.75, 3.05) is 13.1 Å². The molecule has 0 aliphatic carbocycles. The Morgan fingerprint density at radius 2 is 1.71 bits per heavy atom. The highest BCUT2D eigenvalue weighted by Crippen LogP contribution is 2.34. The second kappa shape index (κ2) is 10.6. The van der Waals surface area contributed by atoms with Gasteiger partial charge in [-0.25, -0.2) is 8.42 Å². The Labute approximate surface area is 224 Å². The van der Waals surface area contributed by atoms with Crippen LogP contribution in [0.15, 0.2) is 53.7 Å². The van der Waals surface area contributed by atoms with Crippen molar-refractivity contribution in [3.05, 3.63) is 59.9 Å². The predicted octanol–water partition coefficient (Wildman–Crippen LogP) is 2.77. The summed E-state index contributed by atoms with van der Waals surface area (Å²) < 4.78 is 27.7. The number of benzene rings is 1. The molecule has 2 fully saturated rings. The molecule has 3 atom stereocenters. The highest BCUT2D eigenvalue weighted by molar-refractivity contribution is 7.89. The van der Waals surface area contributed by atoms with Gasteiger partial charge in [0.05, 0.1) is 17.5 Å². The van der Waals surface area contributed by atoms with Gasteiger partial charge >= 0.3 is 0 Å². The molecule has 1 aromatic heterocycles. The van der Waals surface area contributed by atoms with Crippen LogP contribution in [0, 0.1) is 5.92 Å². The highest BCUT2D eigenvalue weighted by atomic mass is 32.2. The molecule has 204 valence electrons. The van der Waals surface area contributed by atoms with E-state index in [-0.39, 0.29) is 46.9 Å². The number of ketones is 1. The van der Waals surface area contributed by atoms with E-state index in [0.717, 1.165) is 5.56 Å². The van der Waals surface area contributed by atoms with Crippen LogP contribution in [-0.2, 0) is 25.0 Å². The quantitative estimate of drug-likeness (QED) is 0.577. The fourth-order valence-corrected chi connectivity index (χ4v) is 6.85. The molecule has 4 rings (SSSR count). The molecule has 2 amide bonds. The summed E-state index contributed by atoms with van der Waals surface area (Å²) in [4.78, 5) is 45.3. The van der Waals surface area contributed by atoms with E-state index < -0.39 is 28.1 Å². The first kappa shape index (κ1) is 27.9. The molecule has 2 aromatic rings. The van der Waals surface area contributed by atoms with Crippen molar-refractivity contribution in [1.82, 2.24) is 19.5 Å². The lowest BCUT2D eigenvalue weighted by molar-refractivity contribution is -0.138. The lowest BCUT2D eigenvalue weighted by Crippen LogP contribution is -2.53. The van der Waals surface area contributed by atoms with Gasteiger partial charge in [-0.1, -0.05) is 46.8 Å². The number of likely N-dealkylation sites (tertiary alicyclic amines) is 1. The summed E-state index contributed by atoms with van der Waals surface area (Å²) in [6.07, 6.45) is 3.53. The number of carbonyl (C=O) groups is 3. The van der Waals surface area contributed by atoms with Gasteiger partial charge in [0, 0.05) is 24.5 Å².